The molecule has 164 valence electrons. The Labute approximate surface area is 172 Å². The van der Waals surface area contributed by atoms with Crippen molar-refractivity contribution in [2.75, 3.05) is 18.9 Å². The van der Waals surface area contributed by atoms with E-state index in [1.54, 1.807) is 0 Å². The predicted octanol–water partition coefficient (Wildman–Crippen LogP) is -3.45. The normalized spacial score (nSPS) is 19.1. The first-order valence-electron chi connectivity index (χ1n) is 9.02. The van der Waals surface area contributed by atoms with Gasteiger partial charge >= 0.3 is 5.97 Å². The van der Waals surface area contributed by atoms with E-state index in [9.17, 15) is 34.2 Å². The van der Waals surface area contributed by atoms with Crippen LogP contribution in [0.4, 0.5) is 0 Å². The summed E-state index contributed by atoms with van der Waals surface area (Å²) in [7, 11) is 0. The number of aliphatic hydroxyl groups excluding tert-OH is 1. The summed E-state index contributed by atoms with van der Waals surface area (Å²) in [6, 6.07) is -4.68. The number of likely N-dealkylation sites (tertiary alicyclic amines) is 1. The highest BCUT2D eigenvalue weighted by atomic mass is 32.1. The van der Waals surface area contributed by atoms with Gasteiger partial charge in [-0.2, -0.15) is 12.6 Å². The van der Waals surface area contributed by atoms with Crippen LogP contribution in [0.1, 0.15) is 25.7 Å². The molecule has 0 aromatic carbocycles. The molecule has 0 bridgehead atoms. The van der Waals surface area contributed by atoms with E-state index in [2.05, 4.69) is 23.3 Å². The fraction of sp³-hybridized carbons (Fsp3) is 0.688. The van der Waals surface area contributed by atoms with Gasteiger partial charge in [-0.3, -0.25) is 19.2 Å². The lowest BCUT2D eigenvalue weighted by atomic mass is 10.1. The summed E-state index contributed by atoms with van der Waals surface area (Å²) in [4.78, 5) is 60.7. The van der Waals surface area contributed by atoms with Gasteiger partial charge in [0.2, 0.25) is 23.6 Å². The van der Waals surface area contributed by atoms with Crippen LogP contribution in [0.5, 0.6) is 0 Å². The molecule has 0 aromatic heterocycles. The predicted molar refractivity (Wildman–Crippen MR) is 104 cm³/mol. The van der Waals surface area contributed by atoms with E-state index in [0.717, 1.165) is 4.90 Å². The molecule has 29 heavy (non-hydrogen) atoms. The molecule has 4 unspecified atom stereocenters. The number of carboxylic acid groups (broad SMARTS) is 1. The van der Waals surface area contributed by atoms with E-state index in [0.29, 0.717) is 6.42 Å². The Morgan fingerprint density at radius 2 is 1.76 bits per heavy atom. The zero-order valence-electron chi connectivity index (χ0n) is 15.7. The highest BCUT2D eigenvalue weighted by Gasteiger charge is 2.38. The van der Waals surface area contributed by atoms with Gasteiger partial charge in [0.1, 0.15) is 18.1 Å². The molecule has 12 nitrogen and oxygen atoms in total. The van der Waals surface area contributed by atoms with Crippen molar-refractivity contribution < 1.29 is 34.2 Å². The van der Waals surface area contributed by atoms with Crippen molar-refractivity contribution in [3.8, 4) is 0 Å². The van der Waals surface area contributed by atoms with Crippen molar-refractivity contribution in [1.82, 2.24) is 15.5 Å². The maximum Gasteiger partial charge on any atom is 0.326 e. The van der Waals surface area contributed by atoms with Gasteiger partial charge in [-0.15, -0.1) is 0 Å². The molecule has 13 heteroatoms. The number of nitrogens with one attached hydrogen (secondary N) is 2. The highest BCUT2D eigenvalue weighted by Crippen LogP contribution is 2.19. The molecule has 0 spiro atoms. The van der Waals surface area contributed by atoms with Crippen LogP contribution in [0, 0.1) is 0 Å². The van der Waals surface area contributed by atoms with Crippen LogP contribution in [0.3, 0.4) is 0 Å². The summed E-state index contributed by atoms with van der Waals surface area (Å²) in [6.07, 6.45) is 0.360. The number of rotatable bonds is 11. The van der Waals surface area contributed by atoms with Crippen LogP contribution in [0.2, 0.25) is 0 Å². The van der Waals surface area contributed by atoms with Crippen molar-refractivity contribution in [3.63, 3.8) is 0 Å². The Kier molecular flexibility index (Phi) is 9.85. The number of aliphatic carboxylic acids is 1. The molecule has 1 fully saturated rings. The van der Waals surface area contributed by atoms with Gasteiger partial charge in [-0.1, -0.05) is 0 Å². The van der Waals surface area contributed by atoms with E-state index >= 15 is 0 Å². The minimum atomic E-state index is -1.40. The average Bonchev–Trinajstić information content (AvgIpc) is 3.17. The maximum absolute atomic E-state index is 12.8. The molecule has 4 atom stereocenters. The quantitative estimate of drug-likeness (QED) is 0.163. The SMILES string of the molecule is NC(=O)CCC(NC(=O)C(CO)NC(=O)C(N)CS)C(=O)N1CCCC1C(=O)O. The number of carbonyl (C=O) groups is 5. The first kappa shape index (κ1) is 24.7. The number of aliphatic hydroxyl groups is 1. The highest BCUT2D eigenvalue weighted by molar-refractivity contribution is 7.80. The van der Waals surface area contributed by atoms with E-state index in [4.69, 9.17) is 11.5 Å². The van der Waals surface area contributed by atoms with E-state index in [-0.39, 0.29) is 31.6 Å². The number of hydrogen-bond acceptors (Lipinski definition) is 8. The monoisotopic (exact) mass is 433 g/mol. The number of hydrogen-bond donors (Lipinski definition) is 7. The fourth-order valence-electron chi connectivity index (χ4n) is 2.86. The van der Waals surface area contributed by atoms with E-state index in [1.807, 2.05) is 0 Å². The molecule has 1 aliphatic heterocycles. The van der Waals surface area contributed by atoms with Crippen LogP contribution < -0.4 is 22.1 Å². The minimum Gasteiger partial charge on any atom is -0.480 e. The van der Waals surface area contributed by atoms with Crippen LogP contribution in [0.15, 0.2) is 0 Å². The Balaban J connectivity index is 2.91. The second kappa shape index (κ2) is 11.6. The van der Waals surface area contributed by atoms with Gasteiger partial charge < -0.3 is 37.2 Å². The summed E-state index contributed by atoms with van der Waals surface area (Å²) in [5.74, 6) is -4.16. The topological polar surface area (TPSA) is 205 Å². The number of primary amides is 1. The van der Waals surface area contributed by atoms with E-state index < -0.39 is 60.4 Å². The van der Waals surface area contributed by atoms with Crippen molar-refractivity contribution in [1.29, 1.82) is 0 Å². The second-order valence-electron chi connectivity index (χ2n) is 6.63. The standard InChI is InChI=1S/C16H27N5O7S/c17-8(7-29)13(24)20-10(6-22)14(25)19-9(3-4-12(18)23)15(26)21-5-1-2-11(21)16(27)28/h8-11,22,29H,1-7,17H2,(H2,18,23)(H,19,25)(H,20,24)(H,27,28). The summed E-state index contributed by atoms with van der Waals surface area (Å²) >= 11 is 3.87. The van der Waals surface area contributed by atoms with Gasteiger partial charge in [0.15, 0.2) is 0 Å². The lowest BCUT2D eigenvalue weighted by Gasteiger charge is -2.28. The molecule has 1 heterocycles. The third-order valence-corrected chi connectivity index (χ3v) is 4.86. The Bertz CT molecular complexity index is 647. The summed E-state index contributed by atoms with van der Waals surface area (Å²) in [5, 5.41) is 23.3. The molecule has 8 N–H and O–H groups in total. The number of amides is 4. The lowest BCUT2D eigenvalue weighted by Crippen LogP contribution is -2.58. The smallest absolute Gasteiger partial charge is 0.326 e. The molecule has 1 rings (SSSR count). The molecular weight excluding hydrogens is 406 g/mol. The molecule has 0 aliphatic carbocycles. The molecule has 0 aromatic rings. The number of nitrogens with zero attached hydrogens (tertiary/aromatic N) is 1. The van der Waals surface area contributed by atoms with Crippen LogP contribution in [-0.2, 0) is 24.0 Å². The number of nitrogens with two attached hydrogens (primary N) is 2. The maximum atomic E-state index is 12.8. The van der Waals surface area contributed by atoms with Crippen LogP contribution in [0.25, 0.3) is 0 Å². The van der Waals surface area contributed by atoms with Gasteiger partial charge in [0.25, 0.3) is 0 Å². The number of carboxylic acids is 1. The van der Waals surface area contributed by atoms with E-state index in [1.165, 1.54) is 0 Å². The zero-order valence-corrected chi connectivity index (χ0v) is 16.6. The Morgan fingerprint density at radius 3 is 2.28 bits per heavy atom. The summed E-state index contributed by atoms with van der Waals surface area (Å²) < 4.78 is 0. The average molecular weight is 433 g/mol. The molecule has 4 amide bonds. The molecular formula is C16H27N5O7S. The first-order chi connectivity index (χ1) is 13.6. The van der Waals surface area contributed by atoms with Gasteiger partial charge in [-0.25, -0.2) is 4.79 Å². The van der Waals surface area contributed by atoms with Crippen molar-refractivity contribution in [2.24, 2.45) is 11.5 Å². The van der Waals surface area contributed by atoms with Crippen molar-refractivity contribution >= 4 is 42.2 Å². The van der Waals surface area contributed by atoms with Crippen molar-refractivity contribution in [2.45, 2.75) is 49.9 Å². The third-order valence-electron chi connectivity index (χ3n) is 4.46. The molecule has 1 saturated heterocycles. The Hall–Kier alpha value is -2.38. The van der Waals surface area contributed by atoms with Gasteiger partial charge in [-0.05, 0) is 19.3 Å². The largest absolute Gasteiger partial charge is 0.480 e. The summed E-state index contributed by atoms with van der Waals surface area (Å²) in [5.41, 5.74) is 10.6. The molecule has 1 aliphatic rings. The van der Waals surface area contributed by atoms with Crippen LogP contribution in [-0.4, -0.2) is 87.8 Å². The van der Waals surface area contributed by atoms with Gasteiger partial charge in [0.05, 0.1) is 12.6 Å². The Morgan fingerprint density at radius 1 is 1.14 bits per heavy atom. The number of thiol groups is 1. The number of carbonyl (C=O) groups excluding carboxylic acids is 4. The molecule has 0 radical (unpaired) electrons. The van der Waals surface area contributed by atoms with Crippen molar-refractivity contribution in [3.05, 3.63) is 0 Å². The fourth-order valence-corrected chi connectivity index (χ4v) is 3.03. The molecule has 0 saturated carbocycles. The third kappa shape index (κ3) is 7.18. The zero-order chi connectivity index (χ0) is 22.1. The minimum absolute atomic E-state index is 0.0108. The lowest BCUT2D eigenvalue weighted by molar-refractivity contribution is -0.149. The second-order valence-corrected chi connectivity index (χ2v) is 6.99. The summed E-state index contributed by atoms with van der Waals surface area (Å²) in [6.45, 7) is -0.579. The van der Waals surface area contributed by atoms with Crippen LogP contribution >= 0.6 is 12.6 Å². The van der Waals surface area contributed by atoms with Gasteiger partial charge in [0, 0.05) is 18.7 Å². The first-order valence-corrected chi connectivity index (χ1v) is 9.65.